The predicted octanol–water partition coefficient (Wildman–Crippen LogP) is 1.89. The van der Waals surface area contributed by atoms with Crippen molar-refractivity contribution >= 4 is 23.6 Å². The Kier molecular flexibility index (Phi) is 5.27. The van der Waals surface area contributed by atoms with Crippen LogP contribution >= 0.6 is 11.8 Å². The van der Waals surface area contributed by atoms with Crippen LogP contribution in [0.2, 0.25) is 0 Å². The van der Waals surface area contributed by atoms with E-state index in [4.69, 9.17) is 5.73 Å². The molecule has 0 aliphatic carbocycles. The summed E-state index contributed by atoms with van der Waals surface area (Å²) in [6.07, 6.45) is -2.86. The van der Waals surface area contributed by atoms with Crippen molar-refractivity contribution in [2.24, 2.45) is 5.73 Å². The van der Waals surface area contributed by atoms with Crippen LogP contribution in [0.4, 0.5) is 13.2 Å². The lowest BCUT2D eigenvalue weighted by atomic mass is 9.90. The molecule has 8 heteroatoms. The molecule has 0 aromatic heterocycles. The molecule has 21 heavy (non-hydrogen) atoms. The van der Waals surface area contributed by atoms with Crippen LogP contribution in [0.5, 0.6) is 0 Å². The van der Waals surface area contributed by atoms with Crippen LogP contribution in [-0.4, -0.2) is 23.8 Å². The third-order valence-electron chi connectivity index (χ3n) is 2.92. The minimum absolute atomic E-state index is 0.0146. The standard InChI is InChI=1S/C13H15F3N2O2S/c1-12(11(17)20,18-10(19)7-21-2)8-4-3-5-9(6-8)13(14,15)16/h3-6H,7H2,1-2H3,(H2,17,20)(H,18,19). The quantitative estimate of drug-likeness (QED) is 0.870. The summed E-state index contributed by atoms with van der Waals surface area (Å²) < 4.78 is 38.2. The Morgan fingerprint density at radius 1 is 1.29 bits per heavy atom. The number of hydrogen-bond donors (Lipinski definition) is 2. The summed E-state index contributed by atoms with van der Waals surface area (Å²) >= 11 is 1.22. The van der Waals surface area contributed by atoms with E-state index in [1.54, 1.807) is 6.26 Å². The van der Waals surface area contributed by atoms with E-state index in [0.29, 0.717) is 0 Å². The van der Waals surface area contributed by atoms with Crippen LogP contribution < -0.4 is 11.1 Å². The fourth-order valence-electron chi connectivity index (χ4n) is 1.73. The van der Waals surface area contributed by atoms with Gasteiger partial charge in [-0.15, -0.1) is 0 Å². The SMILES string of the molecule is CSCC(=O)NC(C)(C(N)=O)c1cccc(C(F)(F)F)c1. The second kappa shape index (κ2) is 6.38. The summed E-state index contributed by atoms with van der Waals surface area (Å²) in [6, 6.07) is 4.18. The number of amides is 2. The minimum Gasteiger partial charge on any atom is -0.367 e. The van der Waals surface area contributed by atoms with Gasteiger partial charge in [0.05, 0.1) is 11.3 Å². The summed E-state index contributed by atoms with van der Waals surface area (Å²) in [5.74, 6) is -1.35. The Labute approximate surface area is 124 Å². The van der Waals surface area contributed by atoms with Crippen molar-refractivity contribution in [3.63, 3.8) is 0 Å². The summed E-state index contributed by atoms with van der Waals surface area (Å²) in [5.41, 5.74) is 2.64. The number of rotatable bonds is 5. The minimum atomic E-state index is -4.54. The predicted molar refractivity (Wildman–Crippen MR) is 74.5 cm³/mol. The lowest BCUT2D eigenvalue weighted by Gasteiger charge is -2.28. The van der Waals surface area contributed by atoms with E-state index in [2.05, 4.69) is 5.32 Å². The lowest BCUT2D eigenvalue weighted by molar-refractivity contribution is -0.138. The highest BCUT2D eigenvalue weighted by Gasteiger charge is 2.37. The highest BCUT2D eigenvalue weighted by Crippen LogP contribution is 2.32. The molecule has 1 atom stereocenters. The van der Waals surface area contributed by atoms with Gasteiger partial charge in [0, 0.05) is 0 Å². The highest BCUT2D eigenvalue weighted by atomic mass is 32.2. The molecule has 1 aromatic rings. The van der Waals surface area contributed by atoms with Gasteiger partial charge in [0.1, 0.15) is 5.54 Å². The summed E-state index contributed by atoms with van der Waals surface area (Å²) in [5, 5.41) is 2.39. The topological polar surface area (TPSA) is 72.2 Å². The number of thioether (sulfide) groups is 1. The molecule has 0 aliphatic rings. The van der Waals surface area contributed by atoms with Crippen molar-refractivity contribution in [3.8, 4) is 0 Å². The van der Waals surface area contributed by atoms with Gasteiger partial charge >= 0.3 is 6.18 Å². The van der Waals surface area contributed by atoms with Crippen LogP contribution in [0.1, 0.15) is 18.1 Å². The fraction of sp³-hybridized carbons (Fsp3) is 0.385. The second-order valence-electron chi connectivity index (χ2n) is 4.55. The largest absolute Gasteiger partial charge is 0.416 e. The smallest absolute Gasteiger partial charge is 0.367 e. The number of primary amides is 1. The number of nitrogens with one attached hydrogen (secondary N) is 1. The summed E-state index contributed by atoms with van der Waals surface area (Å²) in [7, 11) is 0. The summed E-state index contributed by atoms with van der Waals surface area (Å²) in [6.45, 7) is 1.28. The lowest BCUT2D eigenvalue weighted by Crippen LogP contribution is -2.53. The molecule has 0 bridgehead atoms. The first-order valence-corrected chi connectivity index (χ1v) is 7.28. The maximum absolute atomic E-state index is 12.7. The molecule has 0 heterocycles. The van der Waals surface area contributed by atoms with Crippen molar-refractivity contribution in [2.75, 3.05) is 12.0 Å². The summed E-state index contributed by atoms with van der Waals surface area (Å²) in [4.78, 5) is 23.3. The zero-order chi connectivity index (χ0) is 16.3. The maximum Gasteiger partial charge on any atom is 0.416 e. The molecule has 3 N–H and O–H groups in total. The second-order valence-corrected chi connectivity index (χ2v) is 5.42. The number of halogens is 3. The zero-order valence-corrected chi connectivity index (χ0v) is 12.3. The van der Waals surface area contributed by atoms with Crippen molar-refractivity contribution < 1.29 is 22.8 Å². The molecule has 1 rings (SSSR count). The molecule has 0 saturated heterocycles. The number of hydrogen-bond acceptors (Lipinski definition) is 3. The Bertz CT molecular complexity index is 548. The first kappa shape index (κ1) is 17.4. The van der Waals surface area contributed by atoms with Gasteiger partial charge in [0.25, 0.3) is 0 Å². The van der Waals surface area contributed by atoms with Crippen LogP contribution in [0.25, 0.3) is 0 Å². The Morgan fingerprint density at radius 2 is 1.86 bits per heavy atom. The number of alkyl halides is 3. The molecule has 116 valence electrons. The Hall–Kier alpha value is -1.70. The molecular formula is C13H15F3N2O2S. The van der Waals surface area contributed by atoms with E-state index in [1.807, 2.05) is 0 Å². The van der Waals surface area contributed by atoms with Gasteiger partial charge in [-0.25, -0.2) is 0 Å². The molecule has 1 aromatic carbocycles. The van der Waals surface area contributed by atoms with Gasteiger partial charge in [-0.3, -0.25) is 9.59 Å². The van der Waals surface area contributed by atoms with E-state index in [0.717, 1.165) is 12.1 Å². The molecule has 1 unspecified atom stereocenters. The monoisotopic (exact) mass is 320 g/mol. The van der Waals surface area contributed by atoms with Gasteiger partial charge < -0.3 is 11.1 Å². The third-order valence-corrected chi connectivity index (χ3v) is 3.48. The van der Waals surface area contributed by atoms with Crippen LogP contribution in [0.15, 0.2) is 24.3 Å². The van der Waals surface area contributed by atoms with E-state index in [9.17, 15) is 22.8 Å². The van der Waals surface area contributed by atoms with Crippen LogP contribution in [0, 0.1) is 0 Å². The molecule has 0 fully saturated rings. The number of carbonyl (C=O) groups is 2. The first-order chi connectivity index (χ1) is 9.61. The molecule has 0 aliphatic heterocycles. The van der Waals surface area contributed by atoms with Gasteiger partial charge in [-0.2, -0.15) is 24.9 Å². The van der Waals surface area contributed by atoms with E-state index in [1.165, 1.54) is 30.8 Å². The van der Waals surface area contributed by atoms with Crippen molar-refractivity contribution in [1.29, 1.82) is 0 Å². The maximum atomic E-state index is 12.7. The normalized spacial score (nSPS) is 14.3. The highest BCUT2D eigenvalue weighted by molar-refractivity contribution is 7.99. The van der Waals surface area contributed by atoms with E-state index in [-0.39, 0.29) is 11.3 Å². The molecule has 4 nitrogen and oxygen atoms in total. The third kappa shape index (κ3) is 4.13. The van der Waals surface area contributed by atoms with Gasteiger partial charge in [0.2, 0.25) is 11.8 Å². The van der Waals surface area contributed by atoms with Crippen LogP contribution in [-0.2, 0) is 21.3 Å². The number of carbonyl (C=O) groups excluding carboxylic acids is 2. The van der Waals surface area contributed by atoms with E-state index < -0.39 is 29.1 Å². The van der Waals surface area contributed by atoms with Crippen molar-refractivity contribution in [1.82, 2.24) is 5.32 Å². The first-order valence-electron chi connectivity index (χ1n) is 5.89. The van der Waals surface area contributed by atoms with Gasteiger partial charge in [-0.1, -0.05) is 12.1 Å². The van der Waals surface area contributed by atoms with Crippen molar-refractivity contribution in [2.45, 2.75) is 18.6 Å². The Morgan fingerprint density at radius 3 is 2.33 bits per heavy atom. The number of benzene rings is 1. The van der Waals surface area contributed by atoms with Crippen molar-refractivity contribution in [3.05, 3.63) is 35.4 Å². The molecular weight excluding hydrogens is 305 g/mol. The number of nitrogens with two attached hydrogens (primary N) is 1. The van der Waals surface area contributed by atoms with E-state index >= 15 is 0 Å². The Balaban J connectivity index is 3.23. The average molecular weight is 320 g/mol. The van der Waals surface area contributed by atoms with Gasteiger partial charge in [-0.05, 0) is 30.9 Å². The molecule has 2 amide bonds. The molecule has 0 radical (unpaired) electrons. The molecule has 0 spiro atoms. The average Bonchev–Trinajstić information content (AvgIpc) is 2.37. The zero-order valence-electron chi connectivity index (χ0n) is 11.5. The van der Waals surface area contributed by atoms with Crippen LogP contribution in [0.3, 0.4) is 0 Å². The van der Waals surface area contributed by atoms with Gasteiger partial charge in [0.15, 0.2) is 0 Å². The fourth-order valence-corrected chi connectivity index (χ4v) is 2.06. The molecule has 0 saturated carbocycles.